The van der Waals surface area contributed by atoms with Gasteiger partial charge in [-0.2, -0.15) is 0 Å². The van der Waals surface area contributed by atoms with Crippen LogP contribution in [0.2, 0.25) is 0 Å². The Morgan fingerprint density at radius 3 is 2.11 bits per heavy atom. The van der Waals surface area contributed by atoms with Crippen LogP contribution in [-0.2, 0) is 9.53 Å². The molecule has 0 rings (SSSR count). The Bertz CT molecular complexity index is 338. The van der Waals surface area contributed by atoms with Crippen LogP contribution in [0.1, 0.15) is 53.9 Å². The Hall–Kier alpha value is -1.52. The lowest BCUT2D eigenvalue weighted by Gasteiger charge is -2.33. The summed E-state index contributed by atoms with van der Waals surface area (Å²) in [5, 5.41) is 11.4. The number of carbonyl (C=O) groups excluding carboxylic acids is 1. The number of alkyl carbamates (subject to hydrolysis) is 1. The maximum atomic E-state index is 11.8. The molecule has 5 heteroatoms. The van der Waals surface area contributed by atoms with Crippen LogP contribution in [-0.4, -0.2) is 28.3 Å². The van der Waals surface area contributed by atoms with Crippen LogP contribution in [0, 0.1) is 0 Å². The van der Waals surface area contributed by atoms with Gasteiger partial charge < -0.3 is 15.2 Å². The number of carboxylic acids is 1. The van der Waals surface area contributed by atoms with Gasteiger partial charge in [0.15, 0.2) is 0 Å². The molecular weight excluding hydrogens is 246 g/mol. The van der Waals surface area contributed by atoms with Crippen LogP contribution in [0.15, 0.2) is 12.2 Å². The van der Waals surface area contributed by atoms with Crippen molar-refractivity contribution >= 4 is 12.1 Å². The summed E-state index contributed by atoms with van der Waals surface area (Å²) in [7, 11) is 0. The Morgan fingerprint density at radius 1 is 1.21 bits per heavy atom. The molecule has 0 saturated heterocycles. The highest BCUT2D eigenvalue weighted by Gasteiger charge is 2.29. The molecule has 0 unspecified atom stereocenters. The van der Waals surface area contributed by atoms with E-state index in [1.54, 1.807) is 26.8 Å². The average molecular weight is 271 g/mol. The fraction of sp³-hybridized carbons (Fsp3) is 0.714. The van der Waals surface area contributed by atoms with Gasteiger partial charge in [-0.05, 0) is 40.0 Å². The third-order valence-corrected chi connectivity index (χ3v) is 2.89. The standard InChI is InChI=1S/C14H25NO4/c1-6-14(7-2,10-8-9-11(16)17)15-12(18)19-13(3,4)5/h8-9H,6-7,10H2,1-5H3,(H,15,18)(H,16,17). The van der Waals surface area contributed by atoms with Gasteiger partial charge >= 0.3 is 12.1 Å². The van der Waals surface area contributed by atoms with Crippen molar-refractivity contribution in [3.8, 4) is 0 Å². The van der Waals surface area contributed by atoms with Gasteiger partial charge in [-0.15, -0.1) is 0 Å². The third kappa shape index (κ3) is 7.49. The smallest absolute Gasteiger partial charge is 0.408 e. The van der Waals surface area contributed by atoms with Crippen molar-refractivity contribution < 1.29 is 19.4 Å². The van der Waals surface area contributed by atoms with Crippen molar-refractivity contribution in [2.75, 3.05) is 0 Å². The first-order valence-corrected chi connectivity index (χ1v) is 6.55. The molecule has 0 saturated carbocycles. The van der Waals surface area contributed by atoms with E-state index in [-0.39, 0.29) is 0 Å². The Balaban J connectivity index is 4.70. The van der Waals surface area contributed by atoms with Crippen molar-refractivity contribution in [1.82, 2.24) is 5.32 Å². The molecule has 0 aromatic heterocycles. The summed E-state index contributed by atoms with van der Waals surface area (Å²) in [6.07, 6.45) is 4.05. The molecule has 0 aliphatic carbocycles. The van der Waals surface area contributed by atoms with Gasteiger partial charge in [0.05, 0.1) is 0 Å². The molecular formula is C14H25NO4. The van der Waals surface area contributed by atoms with E-state index in [2.05, 4.69) is 5.32 Å². The summed E-state index contributed by atoms with van der Waals surface area (Å²) in [4.78, 5) is 22.3. The van der Waals surface area contributed by atoms with Crippen LogP contribution < -0.4 is 5.32 Å². The van der Waals surface area contributed by atoms with E-state index in [1.807, 2.05) is 13.8 Å². The minimum atomic E-state index is -0.988. The number of aliphatic carboxylic acids is 1. The summed E-state index contributed by atoms with van der Waals surface area (Å²) < 4.78 is 5.23. The van der Waals surface area contributed by atoms with Crippen LogP contribution >= 0.6 is 0 Å². The van der Waals surface area contributed by atoms with E-state index in [4.69, 9.17) is 9.84 Å². The van der Waals surface area contributed by atoms with Crippen molar-refractivity contribution in [3.05, 3.63) is 12.2 Å². The molecule has 0 fully saturated rings. The first kappa shape index (κ1) is 17.5. The maximum Gasteiger partial charge on any atom is 0.408 e. The van der Waals surface area contributed by atoms with Gasteiger partial charge in [0, 0.05) is 11.6 Å². The second-order valence-corrected chi connectivity index (χ2v) is 5.56. The molecule has 0 bridgehead atoms. The molecule has 0 aliphatic rings. The second kappa shape index (κ2) is 7.16. The van der Waals surface area contributed by atoms with Crippen LogP contribution in [0.25, 0.3) is 0 Å². The lowest BCUT2D eigenvalue weighted by molar-refractivity contribution is -0.131. The van der Waals surface area contributed by atoms with Gasteiger partial charge in [0.25, 0.3) is 0 Å². The SMILES string of the molecule is CCC(CC)(CC=CC(=O)O)NC(=O)OC(C)(C)C. The largest absolute Gasteiger partial charge is 0.478 e. The quantitative estimate of drug-likeness (QED) is 0.728. The highest BCUT2D eigenvalue weighted by atomic mass is 16.6. The fourth-order valence-electron chi connectivity index (χ4n) is 1.67. The zero-order valence-electron chi connectivity index (χ0n) is 12.4. The van der Waals surface area contributed by atoms with Crippen LogP contribution in [0.4, 0.5) is 4.79 Å². The third-order valence-electron chi connectivity index (χ3n) is 2.89. The van der Waals surface area contributed by atoms with Crippen LogP contribution in [0.3, 0.4) is 0 Å². The zero-order chi connectivity index (χ0) is 15.1. The number of rotatable bonds is 6. The van der Waals surface area contributed by atoms with Gasteiger partial charge in [-0.3, -0.25) is 0 Å². The molecule has 2 N–H and O–H groups in total. The summed E-state index contributed by atoms with van der Waals surface area (Å²) in [5.41, 5.74) is -1.01. The Kier molecular flexibility index (Phi) is 6.59. The van der Waals surface area contributed by atoms with Gasteiger partial charge in [0.1, 0.15) is 5.60 Å². The predicted octanol–water partition coefficient (Wildman–Crippen LogP) is 3.10. The monoisotopic (exact) mass is 271 g/mol. The molecule has 0 aromatic carbocycles. The predicted molar refractivity (Wildman–Crippen MR) is 74.1 cm³/mol. The maximum absolute atomic E-state index is 11.8. The average Bonchev–Trinajstić information content (AvgIpc) is 2.24. The highest BCUT2D eigenvalue weighted by molar-refractivity contribution is 5.79. The minimum Gasteiger partial charge on any atom is -0.478 e. The van der Waals surface area contributed by atoms with E-state index in [0.717, 1.165) is 6.08 Å². The first-order chi connectivity index (χ1) is 8.64. The molecule has 19 heavy (non-hydrogen) atoms. The molecule has 0 aliphatic heterocycles. The first-order valence-electron chi connectivity index (χ1n) is 6.55. The number of nitrogens with one attached hydrogen (secondary N) is 1. The molecule has 0 aromatic rings. The second-order valence-electron chi connectivity index (χ2n) is 5.56. The van der Waals surface area contributed by atoms with Gasteiger partial charge in [0.2, 0.25) is 0 Å². The van der Waals surface area contributed by atoms with E-state index in [1.165, 1.54) is 0 Å². The summed E-state index contributed by atoms with van der Waals surface area (Å²) >= 11 is 0. The number of carbonyl (C=O) groups is 2. The van der Waals surface area contributed by atoms with E-state index < -0.39 is 23.2 Å². The lowest BCUT2D eigenvalue weighted by Crippen LogP contribution is -2.49. The van der Waals surface area contributed by atoms with E-state index in [0.29, 0.717) is 19.3 Å². The molecule has 0 radical (unpaired) electrons. The number of hydrogen-bond acceptors (Lipinski definition) is 3. The van der Waals surface area contributed by atoms with Gasteiger partial charge in [-0.25, -0.2) is 9.59 Å². The summed E-state index contributed by atoms with van der Waals surface area (Å²) in [6.45, 7) is 9.31. The van der Waals surface area contributed by atoms with E-state index in [9.17, 15) is 9.59 Å². The number of carboxylic acid groups (broad SMARTS) is 1. The van der Waals surface area contributed by atoms with Crippen molar-refractivity contribution in [2.24, 2.45) is 0 Å². The van der Waals surface area contributed by atoms with Gasteiger partial charge in [-0.1, -0.05) is 19.9 Å². The lowest BCUT2D eigenvalue weighted by atomic mass is 9.89. The molecule has 0 spiro atoms. The Morgan fingerprint density at radius 2 is 1.74 bits per heavy atom. The zero-order valence-corrected chi connectivity index (χ0v) is 12.4. The number of hydrogen-bond donors (Lipinski definition) is 2. The Labute approximate surface area is 115 Å². The van der Waals surface area contributed by atoms with Crippen LogP contribution in [0.5, 0.6) is 0 Å². The highest BCUT2D eigenvalue weighted by Crippen LogP contribution is 2.21. The van der Waals surface area contributed by atoms with Crippen molar-refractivity contribution in [1.29, 1.82) is 0 Å². The molecule has 0 atom stereocenters. The summed E-state index contributed by atoms with van der Waals surface area (Å²) in [5.74, 6) is -0.988. The molecule has 5 nitrogen and oxygen atoms in total. The fourth-order valence-corrected chi connectivity index (χ4v) is 1.67. The number of amides is 1. The topological polar surface area (TPSA) is 75.6 Å². The minimum absolute atomic E-state index is 0.464. The molecule has 0 heterocycles. The van der Waals surface area contributed by atoms with E-state index >= 15 is 0 Å². The van der Waals surface area contributed by atoms with Crippen molar-refractivity contribution in [2.45, 2.75) is 65.0 Å². The number of ether oxygens (including phenoxy) is 1. The molecule has 110 valence electrons. The van der Waals surface area contributed by atoms with Crippen molar-refractivity contribution in [3.63, 3.8) is 0 Å². The molecule has 1 amide bonds. The summed E-state index contributed by atoms with van der Waals surface area (Å²) in [6, 6.07) is 0. The normalized spacial score (nSPS) is 12.5.